The first-order chi connectivity index (χ1) is 8.72. The number of hydrogen-bond acceptors (Lipinski definition) is 1. The number of piperidine rings is 1. The Hall–Kier alpha value is -0.240. The van der Waals surface area contributed by atoms with Gasteiger partial charge in [-0.2, -0.15) is 0 Å². The molecule has 1 aliphatic carbocycles. The highest BCUT2D eigenvalue weighted by Crippen LogP contribution is 2.31. The first-order valence-electron chi connectivity index (χ1n) is 7.58. The number of nitrogens with zero attached hydrogens (tertiary/aromatic N) is 1. The molecule has 3 heteroatoms. The van der Waals surface area contributed by atoms with E-state index in [2.05, 4.69) is 11.8 Å². The summed E-state index contributed by atoms with van der Waals surface area (Å²) in [6, 6.07) is 0.420. The van der Waals surface area contributed by atoms with E-state index in [4.69, 9.17) is 11.6 Å². The van der Waals surface area contributed by atoms with E-state index in [9.17, 15) is 4.79 Å². The van der Waals surface area contributed by atoms with Crippen molar-refractivity contribution >= 4 is 17.5 Å². The predicted octanol–water partition coefficient (Wildman–Crippen LogP) is 3.82. The van der Waals surface area contributed by atoms with Crippen molar-refractivity contribution in [3.63, 3.8) is 0 Å². The number of rotatable bonds is 3. The summed E-state index contributed by atoms with van der Waals surface area (Å²) in [5.74, 6) is 2.22. The Morgan fingerprint density at radius 1 is 1.17 bits per heavy atom. The molecule has 1 aliphatic heterocycles. The molecule has 104 valence electrons. The second-order valence-electron chi connectivity index (χ2n) is 6.12. The normalized spacial score (nSPS) is 33.4. The fourth-order valence-corrected chi connectivity index (χ4v) is 3.71. The van der Waals surface area contributed by atoms with Crippen LogP contribution in [-0.2, 0) is 4.79 Å². The number of amides is 1. The number of likely N-dealkylation sites (tertiary alicyclic amines) is 1. The van der Waals surface area contributed by atoms with Crippen molar-refractivity contribution in [1.29, 1.82) is 0 Å². The predicted molar refractivity (Wildman–Crippen MR) is 75.8 cm³/mol. The Bertz CT molecular complexity index is 272. The van der Waals surface area contributed by atoms with Gasteiger partial charge in [0.2, 0.25) is 5.91 Å². The van der Waals surface area contributed by atoms with Crippen LogP contribution in [0.25, 0.3) is 0 Å². The molecule has 0 bridgehead atoms. The molecule has 2 nitrogen and oxygen atoms in total. The van der Waals surface area contributed by atoms with Gasteiger partial charge in [-0.15, -0.1) is 11.6 Å². The average molecular weight is 272 g/mol. The molecule has 1 saturated heterocycles. The van der Waals surface area contributed by atoms with Gasteiger partial charge in [-0.1, -0.05) is 6.92 Å². The smallest absolute Gasteiger partial charge is 0.225 e. The van der Waals surface area contributed by atoms with Crippen molar-refractivity contribution in [2.45, 2.75) is 64.3 Å². The Kier molecular flexibility index (Phi) is 5.35. The summed E-state index contributed by atoms with van der Waals surface area (Å²) < 4.78 is 0. The summed E-state index contributed by atoms with van der Waals surface area (Å²) in [5.41, 5.74) is 0. The van der Waals surface area contributed by atoms with Gasteiger partial charge >= 0.3 is 0 Å². The maximum atomic E-state index is 12.6. The quantitative estimate of drug-likeness (QED) is 0.715. The molecule has 0 aromatic heterocycles. The van der Waals surface area contributed by atoms with E-state index in [0.29, 0.717) is 23.7 Å². The number of halogens is 1. The fourth-order valence-electron chi connectivity index (χ4n) is 3.46. The highest BCUT2D eigenvalue weighted by molar-refractivity contribution is 6.17. The van der Waals surface area contributed by atoms with E-state index in [1.165, 1.54) is 25.7 Å². The zero-order valence-corrected chi connectivity index (χ0v) is 12.3. The van der Waals surface area contributed by atoms with Crippen molar-refractivity contribution in [1.82, 2.24) is 4.90 Å². The molecule has 0 aromatic rings. The first kappa shape index (κ1) is 14.2. The van der Waals surface area contributed by atoms with E-state index in [1.54, 1.807) is 0 Å². The van der Waals surface area contributed by atoms with Crippen LogP contribution in [0.3, 0.4) is 0 Å². The van der Waals surface area contributed by atoms with E-state index in [0.717, 1.165) is 38.1 Å². The lowest BCUT2D eigenvalue weighted by molar-refractivity contribution is -0.140. The number of alkyl halides is 1. The van der Waals surface area contributed by atoms with Crippen LogP contribution in [0, 0.1) is 11.8 Å². The van der Waals surface area contributed by atoms with Crippen molar-refractivity contribution in [3.8, 4) is 0 Å². The fraction of sp³-hybridized carbons (Fsp3) is 0.933. The van der Waals surface area contributed by atoms with Gasteiger partial charge in [0, 0.05) is 24.4 Å². The second-order valence-corrected chi connectivity index (χ2v) is 6.49. The number of hydrogen-bond donors (Lipinski definition) is 0. The second kappa shape index (κ2) is 6.79. The Labute approximate surface area is 116 Å². The van der Waals surface area contributed by atoms with Gasteiger partial charge in [0.1, 0.15) is 0 Å². The van der Waals surface area contributed by atoms with Gasteiger partial charge in [-0.05, 0) is 57.3 Å². The molecule has 0 spiro atoms. The molecule has 2 aliphatic rings. The number of carbonyl (C=O) groups excluding carboxylic acids is 1. The molecule has 1 heterocycles. The van der Waals surface area contributed by atoms with E-state index < -0.39 is 0 Å². The van der Waals surface area contributed by atoms with Gasteiger partial charge in [0.25, 0.3) is 0 Å². The van der Waals surface area contributed by atoms with E-state index >= 15 is 0 Å². The Balaban J connectivity index is 1.93. The summed E-state index contributed by atoms with van der Waals surface area (Å²) in [6.45, 7) is 3.27. The zero-order chi connectivity index (χ0) is 13.0. The Morgan fingerprint density at radius 2 is 1.89 bits per heavy atom. The van der Waals surface area contributed by atoms with Crippen molar-refractivity contribution in [2.24, 2.45) is 11.8 Å². The molecule has 2 rings (SSSR count). The zero-order valence-electron chi connectivity index (χ0n) is 11.5. The maximum absolute atomic E-state index is 12.6. The van der Waals surface area contributed by atoms with Crippen LogP contribution in [0.5, 0.6) is 0 Å². The summed E-state index contributed by atoms with van der Waals surface area (Å²) in [4.78, 5) is 14.8. The lowest BCUT2D eigenvalue weighted by Crippen LogP contribution is -2.47. The minimum atomic E-state index is 0.303. The monoisotopic (exact) mass is 271 g/mol. The van der Waals surface area contributed by atoms with Gasteiger partial charge in [-0.25, -0.2) is 0 Å². The highest BCUT2D eigenvalue weighted by Gasteiger charge is 2.32. The van der Waals surface area contributed by atoms with Crippen LogP contribution in [-0.4, -0.2) is 29.3 Å². The third-order valence-corrected chi connectivity index (χ3v) is 4.94. The maximum Gasteiger partial charge on any atom is 0.225 e. The van der Waals surface area contributed by atoms with Gasteiger partial charge in [0.05, 0.1) is 0 Å². The number of carbonyl (C=O) groups is 1. The van der Waals surface area contributed by atoms with Gasteiger partial charge in [0.15, 0.2) is 0 Å². The van der Waals surface area contributed by atoms with E-state index in [-0.39, 0.29) is 0 Å². The molecule has 1 amide bonds. The minimum Gasteiger partial charge on any atom is -0.339 e. The van der Waals surface area contributed by atoms with Crippen LogP contribution in [0.1, 0.15) is 58.3 Å². The molecule has 0 aromatic carbocycles. The molecule has 1 atom stereocenters. The van der Waals surface area contributed by atoms with Crippen molar-refractivity contribution in [2.75, 3.05) is 12.4 Å². The summed E-state index contributed by atoms with van der Waals surface area (Å²) in [5, 5.41) is 0. The Morgan fingerprint density at radius 3 is 2.56 bits per heavy atom. The molecule has 0 N–H and O–H groups in total. The van der Waals surface area contributed by atoms with Crippen LogP contribution >= 0.6 is 11.6 Å². The van der Waals surface area contributed by atoms with Crippen molar-refractivity contribution in [3.05, 3.63) is 0 Å². The highest BCUT2D eigenvalue weighted by atomic mass is 35.5. The molecule has 1 unspecified atom stereocenters. The minimum absolute atomic E-state index is 0.303. The molecule has 0 radical (unpaired) electrons. The van der Waals surface area contributed by atoms with E-state index in [1.807, 2.05) is 0 Å². The largest absolute Gasteiger partial charge is 0.339 e. The topological polar surface area (TPSA) is 20.3 Å². The molecule has 2 fully saturated rings. The van der Waals surface area contributed by atoms with Crippen LogP contribution < -0.4 is 0 Å². The SMILES string of the molecule is CC1CCC(C(=O)N2CCCCC2CCCl)CC1. The summed E-state index contributed by atoms with van der Waals surface area (Å²) >= 11 is 5.87. The van der Waals surface area contributed by atoms with Crippen molar-refractivity contribution < 1.29 is 4.79 Å². The summed E-state index contributed by atoms with van der Waals surface area (Å²) in [6.07, 6.45) is 9.21. The third kappa shape index (κ3) is 3.40. The lowest BCUT2D eigenvalue weighted by Gasteiger charge is -2.39. The molecule has 1 saturated carbocycles. The third-order valence-electron chi connectivity index (χ3n) is 4.72. The molecular weight excluding hydrogens is 246 g/mol. The lowest BCUT2D eigenvalue weighted by atomic mass is 9.81. The standard InChI is InChI=1S/C15H26ClNO/c1-12-5-7-13(8-6-12)15(18)17-11-3-2-4-14(17)9-10-16/h12-14H,2-11H2,1H3. The molecule has 18 heavy (non-hydrogen) atoms. The van der Waals surface area contributed by atoms with Crippen LogP contribution in [0.2, 0.25) is 0 Å². The van der Waals surface area contributed by atoms with Crippen LogP contribution in [0.4, 0.5) is 0 Å². The molecular formula is C15H26ClNO. The summed E-state index contributed by atoms with van der Waals surface area (Å²) in [7, 11) is 0. The average Bonchev–Trinajstić information content (AvgIpc) is 2.40. The van der Waals surface area contributed by atoms with Crippen LogP contribution in [0.15, 0.2) is 0 Å². The first-order valence-corrected chi connectivity index (χ1v) is 8.12. The van der Waals surface area contributed by atoms with Gasteiger partial charge in [-0.3, -0.25) is 4.79 Å². The van der Waals surface area contributed by atoms with Gasteiger partial charge < -0.3 is 4.90 Å².